The lowest BCUT2D eigenvalue weighted by atomic mass is 10.2. The first-order valence-corrected chi connectivity index (χ1v) is 7.46. The summed E-state index contributed by atoms with van der Waals surface area (Å²) in [5, 5.41) is 3.52. The number of halogens is 1. The molecule has 1 amide bonds. The number of amides is 1. The molecule has 0 fully saturated rings. The van der Waals surface area contributed by atoms with Crippen LogP contribution in [0, 0.1) is 0 Å². The van der Waals surface area contributed by atoms with Crippen LogP contribution < -0.4 is 11.1 Å². The number of benzene rings is 1. The number of carbonyl (C=O) groups excluding carboxylic acids is 2. The van der Waals surface area contributed by atoms with E-state index < -0.39 is 0 Å². The highest BCUT2D eigenvalue weighted by Gasteiger charge is 2.10. The van der Waals surface area contributed by atoms with E-state index in [0.29, 0.717) is 28.3 Å². The molecule has 1 aromatic carbocycles. The zero-order valence-electron chi connectivity index (χ0n) is 11.3. The Kier molecular flexibility index (Phi) is 3.80. The topological polar surface area (TPSA) is 101 Å². The predicted octanol–water partition coefficient (Wildman–Crippen LogP) is 2.97. The predicted molar refractivity (Wildman–Crippen MR) is 93.3 cm³/mol. The van der Waals surface area contributed by atoms with Crippen LogP contribution in [0.1, 0.15) is 20.8 Å². The van der Waals surface area contributed by atoms with E-state index in [1.165, 1.54) is 6.20 Å². The maximum absolute atomic E-state index is 12.1. The quantitative estimate of drug-likeness (QED) is 0.354. The Morgan fingerprint density at radius 2 is 1.91 bits per heavy atom. The van der Waals surface area contributed by atoms with Crippen LogP contribution in [0.15, 0.2) is 42.6 Å². The first kappa shape index (κ1) is 14.5. The lowest BCUT2D eigenvalue weighted by molar-refractivity contribution is 0.102. The number of fused-ring (bicyclic) bond motifs is 1. The van der Waals surface area contributed by atoms with Gasteiger partial charge < -0.3 is 16.0 Å². The molecule has 6 nitrogen and oxygen atoms in total. The van der Waals surface area contributed by atoms with Crippen molar-refractivity contribution in [1.82, 2.24) is 9.97 Å². The number of rotatable bonds is 3. The molecule has 22 heavy (non-hydrogen) atoms. The molecule has 0 saturated carbocycles. The molecular formula is C15H11IN4O2. The normalized spacial score (nSPS) is 10.6. The lowest BCUT2D eigenvalue weighted by Crippen LogP contribution is -2.11. The number of nitrogens with two attached hydrogens (primary N) is 1. The number of aromatic nitrogens is 2. The molecule has 0 spiro atoms. The van der Waals surface area contributed by atoms with Gasteiger partial charge >= 0.3 is 0 Å². The van der Waals surface area contributed by atoms with Gasteiger partial charge in [-0.25, -0.2) is 4.98 Å². The second kappa shape index (κ2) is 5.76. The van der Waals surface area contributed by atoms with Gasteiger partial charge in [-0.2, -0.15) is 0 Å². The molecule has 4 N–H and O–H groups in total. The minimum absolute atomic E-state index is 0.0944. The summed E-state index contributed by atoms with van der Waals surface area (Å²) in [6.45, 7) is 0. The highest BCUT2D eigenvalue weighted by molar-refractivity contribution is 14.1. The number of aromatic amines is 1. The molecule has 0 radical (unpaired) electrons. The van der Waals surface area contributed by atoms with Gasteiger partial charge in [-0.15, -0.1) is 0 Å². The largest absolute Gasteiger partial charge is 0.399 e. The van der Waals surface area contributed by atoms with Gasteiger partial charge in [0.25, 0.3) is 5.91 Å². The van der Waals surface area contributed by atoms with Crippen molar-refractivity contribution in [3.05, 3.63) is 53.9 Å². The third-order valence-electron chi connectivity index (χ3n) is 3.11. The van der Waals surface area contributed by atoms with Crippen LogP contribution in [0.25, 0.3) is 11.0 Å². The fourth-order valence-corrected chi connectivity index (χ4v) is 2.32. The first-order valence-electron chi connectivity index (χ1n) is 6.38. The Bertz CT molecular complexity index is 871. The van der Waals surface area contributed by atoms with E-state index in [9.17, 15) is 9.59 Å². The average Bonchev–Trinajstić information content (AvgIpc) is 2.91. The highest BCUT2D eigenvalue weighted by Crippen LogP contribution is 2.19. The SMILES string of the molecule is Nc1ccc(C(=O)Nc2cnc3[nH]c(C(=O)I)cc3c2)cc1. The van der Waals surface area contributed by atoms with Gasteiger partial charge in [0.15, 0.2) is 0 Å². The zero-order valence-corrected chi connectivity index (χ0v) is 13.4. The van der Waals surface area contributed by atoms with Gasteiger partial charge in [0.1, 0.15) is 5.65 Å². The fraction of sp³-hybridized carbons (Fsp3) is 0. The molecule has 0 atom stereocenters. The van der Waals surface area contributed by atoms with Gasteiger partial charge in [0.2, 0.25) is 3.79 Å². The summed E-state index contributed by atoms with van der Waals surface area (Å²) < 4.78 is -0.0944. The fourth-order valence-electron chi connectivity index (χ4n) is 2.03. The number of nitrogens with zero attached hydrogens (tertiary/aromatic N) is 1. The molecule has 2 aromatic heterocycles. The first-order chi connectivity index (χ1) is 10.5. The van der Waals surface area contributed by atoms with E-state index in [-0.39, 0.29) is 9.70 Å². The van der Waals surface area contributed by atoms with E-state index in [1.807, 2.05) is 0 Å². The van der Waals surface area contributed by atoms with Crippen molar-refractivity contribution >= 4 is 54.7 Å². The van der Waals surface area contributed by atoms with Crippen molar-refractivity contribution in [3.63, 3.8) is 0 Å². The summed E-state index contributed by atoms with van der Waals surface area (Å²) in [6.07, 6.45) is 1.54. The molecule has 110 valence electrons. The van der Waals surface area contributed by atoms with Crippen molar-refractivity contribution in [3.8, 4) is 0 Å². The number of carbonyl (C=O) groups is 2. The Balaban J connectivity index is 1.85. The smallest absolute Gasteiger partial charge is 0.255 e. The third kappa shape index (κ3) is 2.93. The number of anilines is 2. The van der Waals surface area contributed by atoms with Crippen LogP contribution in [-0.4, -0.2) is 19.7 Å². The summed E-state index contributed by atoms with van der Waals surface area (Å²) in [6, 6.07) is 10.1. The van der Waals surface area contributed by atoms with E-state index in [2.05, 4.69) is 15.3 Å². The molecular weight excluding hydrogens is 395 g/mol. The van der Waals surface area contributed by atoms with Gasteiger partial charge in [-0.05, 0) is 36.4 Å². The van der Waals surface area contributed by atoms with E-state index in [0.717, 1.165) is 5.39 Å². The molecule has 3 rings (SSSR count). The van der Waals surface area contributed by atoms with Crippen molar-refractivity contribution < 1.29 is 9.59 Å². The molecule has 7 heteroatoms. The van der Waals surface area contributed by atoms with Crippen LogP contribution in [0.3, 0.4) is 0 Å². The number of pyridine rings is 1. The Hall–Kier alpha value is -2.42. The van der Waals surface area contributed by atoms with Gasteiger partial charge in [0.05, 0.1) is 17.6 Å². The van der Waals surface area contributed by atoms with Gasteiger partial charge in [0, 0.05) is 39.2 Å². The van der Waals surface area contributed by atoms with E-state index in [1.54, 1.807) is 59.0 Å². The maximum atomic E-state index is 12.1. The molecule has 0 unspecified atom stereocenters. The number of hydrogen-bond acceptors (Lipinski definition) is 4. The molecule has 0 aliphatic heterocycles. The lowest BCUT2D eigenvalue weighted by Gasteiger charge is -2.05. The van der Waals surface area contributed by atoms with Crippen molar-refractivity contribution in [1.29, 1.82) is 0 Å². The average molecular weight is 406 g/mol. The summed E-state index contributed by atoms with van der Waals surface area (Å²) in [4.78, 5) is 30.6. The van der Waals surface area contributed by atoms with Crippen molar-refractivity contribution in [2.24, 2.45) is 0 Å². The van der Waals surface area contributed by atoms with Crippen molar-refractivity contribution in [2.45, 2.75) is 0 Å². The Morgan fingerprint density at radius 3 is 2.59 bits per heavy atom. The molecule has 0 aliphatic carbocycles. The monoisotopic (exact) mass is 406 g/mol. The maximum Gasteiger partial charge on any atom is 0.255 e. The molecule has 3 aromatic rings. The number of nitrogens with one attached hydrogen (secondary N) is 2. The highest BCUT2D eigenvalue weighted by atomic mass is 127. The number of hydrogen-bond donors (Lipinski definition) is 3. The van der Waals surface area contributed by atoms with Crippen LogP contribution >= 0.6 is 22.6 Å². The van der Waals surface area contributed by atoms with Gasteiger partial charge in [-0.3, -0.25) is 9.59 Å². The zero-order chi connectivity index (χ0) is 15.7. The summed E-state index contributed by atoms with van der Waals surface area (Å²) in [5.74, 6) is -0.248. The summed E-state index contributed by atoms with van der Waals surface area (Å²) in [7, 11) is 0. The van der Waals surface area contributed by atoms with Crippen LogP contribution in [0.4, 0.5) is 11.4 Å². The summed E-state index contributed by atoms with van der Waals surface area (Å²) in [5.41, 5.74) is 8.34. The van der Waals surface area contributed by atoms with E-state index >= 15 is 0 Å². The Labute approximate surface area is 139 Å². The summed E-state index contributed by atoms with van der Waals surface area (Å²) >= 11 is 1.70. The molecule has 0 saturated heterocycles. The van der Waals surface area contributed by atoms with Crippen LogP contribution in [0.5, 0.6) is 0 Å². The van der Waals surface area contributed by atoms with E-state index in [4.69, 9.17) is 5.73 Å². The number of nitrogen functional groups attached to an aromatic ring is 1. The second-order valence-corrected chi connectivity index (χ2v) is 5.67. The number of H-pyrrole nitrogens is 1. The van der Waals surface area contributed by atoms with Crippen molar-refractivity contribution in [2.75, 3.05) is 11.1 Å². The molecule has 2 heterocycles. The van der Waals surface area contributed by atoms with Gasteiger partial charge in [-0.1, -0.05) is 0 Å². The minimum Gasteiger partial charge on any atom is -0.399 e. The standard InChI is InChI=1S/C15H11IN4O2/c16-13(21)12-6-9-5-11(7-18-14(9)20-12)19-15(22)8-1-3-10(17)4-2-8/h1-7H,17H2,(H,18,20)(H,19,22). The molecule has 0 bridgehead atoms. The third-order valence-corrected chi connectivity index (χ3v) is 3.69. The minimum atomic E-state index is -0.248. The second-order valence-electron chi connectivity index (χ2n) is 4.69. The van der Waals surface area contributed by atoms with Crippen LogP contribution in [-0.2, 0) is 0 Å². The van der Waals surface area contributed by atoms with Crippen LogP contribution in [0.2, 0.25) is 0 Å². The Morgan fingerprint density at radius 1 is 1.18 bits per heavy atom. The molecule has 0 aliphatic rings.